The van der Waals surface area contributed by atoms with E-state index < -0.39 is 6.09 Å². The summed E-state index contributed by atoms with van der Waals surface area (Å²) >= 11 is 12.1. The Morgan fingerprint density at radius 2 is 2.17 bits per heavy atom. The highest BCUT2D eigenvalue weighted by Crippen LogP contribution is 2.26. The van der Waals surface area contributed by atoms with E-state index in [1.807, 2.05) is 18.2 Å². The maximum atomic E-state index is 10.4. The quantitative estimate of drug-likeness (QED) is 0.850. The van der Waals surface area contributed by atoms with Gasteiger partial charge in [-0.25, -0.2) is 9.78 Å². The predicted octanol–water partition coefficient (Wildman–Crippen LogP) is 3.35. The van der Waals surface area contributed by atoms with Crippen LogP contribution in [0.15, 0.2) is 24.3 Å². The van der Waals surface area contributed by atoms with Gasteiger partial charge in [-0.1, -0.05) is 35.3 Å². The molecule has 94 valence electrons. The SMILES string of the molecule is O=C(O)NCCc1cc2cccc(Cl)c2nc1Cl. The molecule has 0 radical (unpaired) electrons. The fraction of sp³-hybridized carbons (Fsp3) is 0.167. The summed E-state index contributed by atoms with van der Waals surface area (Å²) in [5.41, 5.74) is 1.44. The molecule has 0 fully saturated rings. The summed E-state index contributed by atoms with van der Waals surface area (Å²) in [6, 6.07) is 7.34. The molecule has 2 aromatic rings. The highest BCUT2D eigenvalue weighted by molar-refractivity contribution is 6.35. The zero-order chi connectivity index (χ0) is 13.1. The van der Waals surface area contributed by atoms with Crippen LogP contribution in [0.25, 0.3) is 10.9 Å². The fourth-order valence-corrected chi connectivity index (χ4v) is 2.12. The van der Waals surface area contributed by atoms with E-state index in [4.69, 9.17) is 28.3 Å². The molecule has 0 aliphatic rings. The van der Waals surface area contributed by atoms with Crippen molar-refractivity contribution in [2.24, 2.45) is 0 Å². The van der Waals surface area contributed by atoms with Gasteiger partial charge in [-0.3, -0.25) is 0 Å². The van der Waals surface area contributed by atoms with Gasteiger partial charge in [-0.05, 0) is 24.1 Å². The van der Waals surface area contributed by atoms with Crippen molar-refractivity contribution in [2.75, 3.05) is 6.54 Å². The van der Waals surface area contributed by atoms with Gasteiger partial charge in [0, 0.05) is 11.9 Å². The van der Waals surface area contributed by atoms with Crippen LogP contribution in [0.4, 0.5) is 4.79 Å². The molecule has 4 nitrogen and oxygen atoms in total. The highest BCUT2D eigenvalue weighted by atomic mass is 35.5. The molecule has 18 heavy (non-hydrogen) atoms. The first-order valence-electron chi connectivity index (χ1n) is 5.28. The molecule has 2 rings (SSSR count). The third-order valence-electron chi connectivity index (χ3n) is 2.49. The Kier molecular flexibility index (Phi) is 3.89. The van der Waals surface area contributed by atoms with Crippen LogP contribution in [0.5, 0.6) is 0 Å². The molecule has 6 heteroatoms. The number of aromatic nitrogens is 1. The number of hydrogen-bond donors (Lipinski definition) is 2. The van der Waals surface area contributed by atoms with Gasteiger partial charge >= 0.3 is 6.09 Å². The minimum absolute atomic E-state index is 0.294. The van der Waals surface area contributed by atoms with Crippen molar-refractivity contribution in [1.29, 1.82) is 0 Å². The van der Waals surface area contributed by atoms with E-state index >= 15 is 0 Å². The zero-order valence-electron chi connectivity index (χ0n) is 9.28. The van der Waals surface area contributed by atoms with Crippen molar-refractivity contribution in [3.8, 4) is 0 Å². The normalized spacial score (nSPS) is 10.6. The van der Waals surface area contributed by atoms with Gasteiger partial charge in [-0.15, -0.1) is 0 Å². The summed E-state index contributed by atoms with van der Waals surface area (Å²) in [7, 11) is 0. The minimum Gasteiger partial charge on any atom is -0.465 e. The van der Waals surface area contributed by atoms with E-state index in [0.29, 0.717) is 28.7 Å². The molecular formula is C12H10Cl2N2O2. The van der Waals surface area contributed by atoms with Gasteiger partial charge in [0.1, 0.15) is 5.15 Å². The first-order valence-corrected chi connectivity index (χ1v) is 6.04. The second-order valence-electron chi connectivity index (χ2n) is 3.73. The van der Waals surface area contributed by atoms with E-state index in [9.17, 15) is 4.79 Å². The Bertz CT molecular complexity index is 602. The number of carbonyl (C=O) groups is 1. The Morgan fingerprint density at radius 1 is 1.39 bits per heavy atom. The summed E-state index contributed by atoms with van der Waals surface area (Å²) in [6.07, 6.45) is -0.566. The molecule has 0 spiro atoms. The molecule has 0 aliphatic heterocycles. The molecule has 1 aromatic carbocycles. The third kappa shape index (κ3) is 2.83. The van der Waals surface area contributed by atoms with E-state index in [-0.39, 0.29) is 0 Å². The number of carboxylic acid groups (broad SMARTS) is 1. The van der Waals surface area contributed by atoms with Crippen LogP contribution < -0.4 is 5.32 Å². The number of para-hydroxylation sites is 1. The summed E-state index contributed by atoms with van der Waals surface area (Å²) in [4.78, 5) is 14.6. The number of nitrogens with one attached hydrogen (secondary N) is 1. The average Bonchev–Trinajstić information content (AvgIpc) is 2.31. The van der Waals surface area contributed by atoms with E-state index in [1.54, 1.807) is 6.07 Å². The number of halogens is 2. The van der Waals surface area contributed by atoms with Crippen LogP contribution in [0.3, 0.4) is 0 Å². The van der Waals surface area contributed by atoms with Crippen LogP contribution in [-0.2, 0) is 6.42 Å². The van der Waals surface area contributed by atoms with Crippen molar-refractivity contribution in [2.45, 2.75) is 6.42 Å². The van der Waals surface area contributed by atoms with Crippen molar-refractivity contribution in [1.82, 2.24) is 10.3 Å². The second kappa shape index (κ2) is 5.42. The summed E-state index contributed by atoms with van der Waals surface area (Å²) in [5, 5.41) is 12.6. The summed E-state index contributed by atoms with van der Waals surface area (Å²) in [6.45, 7) is 0.294. The van der Waals surface area contributed by atoms with Gasteiger partial charge in [0.15, 0.2) is 0 Å². The van der Waals surface area contributed by atoms with Gasteiger partial charge in [0.2, 0.25) is 0 Å². The first kappa shape index (κ1) is 12.9. The number of rotatable bonds is 3. The molecule has 1 amide bonds. The molecular weight excluding hydrogens is 275 g/mol. The third-order valence-corrected chi connectivity index (χ3v) is 3.13. The summed E-state index contributed by atoms with van der Waals surface area (Å²) < 4.78 is 0. The fourth-order valence-electron chi connectivity index (χ4n) is 1.66. The molecule has 0 bridgehead atoms. The molecule has 1 heterocycles. The lowest BCUT2D eigenvalue weighted by molar-refractivity contribution is 0.194. The van der Waals surface area contributed by atoms with Gasteiger partial charge in [-0.2, -0.15) is 0 Å². The average molecular weight is 285 g/mol. The first-order chi connectivity index (χ1) is 8.58. The second-order valence-corrected chi connectivity index (χ2v) is 4.50. The Labute approximate surface area is 114 Å². The Morgan fingerprint density at radius 3 is 2.89 bits per heavy atom. The van der Waals surface area contributed by atoms with Crippen molar-refractivity contribution in [3.63, 3.8) is 0 Å². The predicted molar refractivity (Wildman–Crippen MR) is 71.5 cm³/mol. The largest absolute Gasteiger partial charge is 0.465 e. The van der Waals surface area contributed by atoms with E-state index in [2.05, 4.69) is 10.3 Å². The zero-order valence-corrected chi connectivity index (χ0v) is 10.8. The number of fused-ring (bicyclic) bond motifs is 1. The molecule has 0 saturated heterocycles. The Hall–Kier alpha value is -1.52. The van der Waals surface area contributed by atoms with Crippen LogP contribution in [0.2, 0.25) is 10.2 Å². The molecule has 2 N–H and O–H groups in total. The number of nitrogens with zero attached hydrogens (tertiary/aromatic N) is 1. The number of hydrogen-bond acceptors (Lipinski definition) is 2. The number of amides is 1. The monoisotopic (exact) mass is 284 g/mol. The number of pyridine rings is 1. The lowest BCUT2D eigenvalue weighted by Gasteiger charge is -2.07. The topological polar surface area (TPSA) is 62.2 Å². The maximum Gasteiger partial charge on any atom is 0.404 e. The van der Waals surface area contributed by atoms with Gasteiger partial charge in [0.05, 0.1) is 10.5 Å². The minimum atomic E-state index is -1.05. The lowest BCUT2D eigenvalue weighted by Crippen LogP contribution is -2.23. The smallest absolute Gasteiger partial charge is 0.404 e. The van der Waals surface area contributed by atoms with E-state index in [1.165, 1.54) is 0 Å². The van der Waals surface area contributed by atoms with Crippen molar-refractivity contribution >= 4 is 40.2 Å². The maximum absolute atomic E-state index is 10.4. The van der Waals surface area contributed by atoms with Crippen molar-refractivity contribution < 1.29 is 9.90 Å². The van der Waals surface area contributed by atoms with Crippen LogP contribution >= 0.6 is 23.2 Å². The molecule has 0 aliphatic carbocycles. The van der Waals surface area contributed by atoms with E-state index in [0.717, 1.165) is 10.9 Å². The Balaban J connectivity index is 2.29. The van der Waals surface area contributed by atoms with Gasteiger partial charge in [0.25, 0.3) is 0 Å². The van der Waals surface area contributed by atoms with Crippen molar-refractivity contribution in [3.05, 3.63) is 40.0 Å². The van der Waals surface area contributed by atoms with Crippen LogP contribution in [0, 0.1) is 0 Å². The lowest BCUT2D eigenvalue weighted by atomic mass is 10.1. The standard InChI is InChI=1S/C12H10Cl2N2O2/c13-9-3-1-2-7-6-8(4-5-15-12(17)18)11(14)16-10(7)9/h1-3,6,15H,4-5H2,(H,17,18). The number of benzene rings is 1. The molecule has 1 aromatic heterocycles. The highest BCUT2D eigenvalue weighted by Gasteiger charge is 2.07. The van der Waals surface area contributed by atoms with Crippen LogP contribution in [-0.4, -0.2) is 22.7 Å². The van der Waals surface area contributed by atoms with Gasteiger partial charge < -0.3 is 10.4 Å². The molecule has 0 saturated carbocycles. The molecule has 0 unspecified atom stereocenters. The molecule has 0 atom stereocenters. The van der Waals surface area contributed by atoms with Crippen LogP contribution in [0.1, 0.15) is 5.56 Å². The summed E-state index contributed by atoms with van der Waals surface area (Å²) in [5.74, 6) is 0.